The van der Waals surface area contributed by atoms with E-state index in [1.165, 1.54) is 24.0 Å². The Morgan fingerprint density at radius 1 is 1.03 bits per heavy atom. The van der Waals surface area contributed by atoms with Gasteiger partial charge in [-0.3, -0.25) is 14.5 Å². The summed E-state index contributed by atoms with van der Waals surface area (Å²) < 4.78 is 45.6. The van der Waals surface area contributed by atoms with Crippen LogP contribution in [0.5, 0.6) is 0 Å². The summed E-state index contributed by atoms with van der Waals surface area (Å²) in [5.74, 6) is -4.02. The van der Waals surface area contributed by atoms with Gasteiger partial charge in [0.15, 0.2) is 5.82 Å². The Morgan fingerprint density at radius 2 is 1.68 bits per heavy atom. The lowest BCUT2D eigenvalue weighted by Gasteiger charge is -2.36. The van der Waals surface area contributed by atoms with Gasteiger partial charge in [0.2, 0.25) is 5.43 Å². The Bertz CT molecular complexity index is 1330. The van der Waals surface area contributed by atoms with Crippen molar-refractivity contribution in [2.75, 3.05) is 37.6 Å². The third-order valence-electron chi connectivity index (χ3n) is 5.96. The van der Waals surface area contributed by atoms with Gasteiger partial charge in [-0.1, -0.05) is 0 Å². The lowest BCUT2D eigenvalue weighted by atomic mass is 10.1. The van der Waals surface area contributed by atoms with E-state index in [0.29, 0.717) is 39.1 Å². The summed E-state index contributed by atoms with van der Waals surface area (Å²) >= 11 is 0. The van der Waals surface area contributed by atoms with Crippen molar-refractivity contribution in [3.63, 3.8) is 0 Å². The maximum Gasteiger partial charge on any atom is 0.341 e. The van der Waals surface area contributed by atoms with Gasteiger partial charge in [-0.15, -0.1) is 0 Å². The first-order chi connectivity index (χ1) is 16.2. The first-order valence-electron chi connectivity index (χ1n) is 10.7. The summed E-state index contributed by atoms with van der Waals surface area (Å²) in [6, 6.07) is 5.69. The van der Waals surface area contributed by atoms with Crippen LogP contribution < -0.4 is 10.3 Å². The van der Waals surface area contributed by atoms with Crippen LogP contribution in [0.1, 0.15) is 23.7 Å². The zero-order valence-electron chi connectivity index (χ0n) is 18.4. The van der Waals surface area contributed by atoms with Crippen molar-refractivity contribution in [1.29, 1.82) is 0 Å². The molecular formula is C24H22F3N3O4. The number of aromatic nitrogens is 1. The number of fused-ring (bicyclic) bond motifs is 1. The number of pyridine rings is 1. The predicted molar refractivity (Wildman–Crippen MR) is 120 cm³/mol. The Morgan fingerprint density at radius 3 is 2.26 bits per heavy atom. The monoisotopic (exact) mass is 473 g/mol. The molecule has 1 aliphatic heterocycles. The van der Waals surface area contributed by atoms with Gasteiger partial charge in [-0.2, -0.15) is 0 Å². The number of halogens is 3. The summed E-state index contributed by atoms with van der Waals surface area (Å²) in [6.45, 7) is 3.65. The van der Waals surface area contributed by atoms with E-state index in [-0.39, 0.29) is 22.7 Å². The first kappa shape index (κ1) is 23.5. The molecule has 1 saturated heterocycles. The predicted octanol–water partition coefficient (Wildman–Crippen LogP) is 3.21. The molecular weight excluding hydrogens is 451 g/mol. The fourth-order valence-electron chi connectivity index (χ4n) is 4.16. The molecule has 1 N–H and O–H groups in total. The molecule has 3 aromatic rings. The highest BCUT2D eigenvalue weighted by Crippen LogP contribution is 2.32. The number of ketones is 1. The largest absolute Gasteiger partial charge is 0.477 e. The number of carboxylic acid groups (broad SMARTS) is 1. The van der Waals surface area contributed by atoms with Crippen LogP contribution in [-0.4, -0.2) is 59.0 Å². The van der Waals surface area contributed by atoms with E-state index in [4.69, 9.17) is 0 Å². The molecule has 178 valence electrons. The Balaban J connectivity index is 1.83. The van der Waals surface area contributed by atoms with E-state index < -0.39 is 39.8 Å². The first-order valence-corrected chi connectivity index (χ1v) is 10.7. The number of Topliss-reactive ketones (excluding diaryl/α,β-unsaturated/α-hetero) is 1. The highest BCUT2D eigenvalue weighted by Gasteiger charge is 2.27. The minimum absolute atomic E-state index is 0.0635. The third-order valence-corrected chi connectivity index (χ3v) is 5.96. The summed E-state index contributed by atoms with van der Waals surface area (Å²) in [5.41, 5.74) is -2.09. The third kappa shape index (κ3) is 4.41. The van der Waals surface area contributed by atoms with E-state index >= 15 is 8.78 Å². The lowest BCUT2D eigenvalue weighted by Crippen LogP contribution is -2.47. The minimum Gasteiger partial charge on any atom is -0.477 e. The van der Waals surface area contributed by atoms with Crippen LogP contribution in [0.15, 0.2) is 41.3 Å². The van der Waals surface area contributed by atoms with Crippen LogP contribution in [-0.2, 0) is 4.79 Å². The van der Waals surface area contributed by atoms with Gasteiger partial charge in [0, 0.05) is 51.0 Å². The highest BCUT2D eigenvalue weighted by molar-refractivity contribution is 5.94. The van der Waals surface area contributed by atoms with E-state index in [2.05, 4.69) is 0 Å². The molecule has 0 unspecified atom stereocenters. The highest BCUT2D eigenvalue weighted by atomic mass is 19.1. The molecule has 10 heteroatoms. The van der Waals surface area contributed by atoms with E-state index in [1.54, 1.807) is 0 Å². The molecule has 0 spiro atoms. The number of hydrogen-bond donors (Lipinski definition) is 1. The van der Waals surface area contributed by atoms with Crippen LogP contribution in [0.3, 0.4) is 0 Å². The number of anilines is 1. The number of rotatable bonds is 6. The van der Waals surface area contributed by atoms with Crippen molar-refractivity contribution >= 4 is 28.3 Å². The average molecular weight is 473 g/mol. The fraction of sp³-hybridized carbons (Fsp3) is 0.292. The van der Waals surface area contributed by atoms with Crippen LogP contribution in [0, 0.1) is 17.5 Å². The Labute approximate surface area is 192 Å². The summed E-state index contributed by atoms with van der Waals surface area (Å²) in [7, 11) is 0. The molecule has 1 aromatic heterocycles. The second-order valence-corrected chi connectivity index (χ2v) is 8.22. The molecule has 0 radical (unpaired) electrons. The summed E-state index contributed by atoms with van der Waals surface area (Å²) in [5, 5.41) is 9.02. The molecule has 2 heterocycles. The second-order valence-electron chi connectivity index (χ2n) is 8.22. The standard InChI is InChI=1S/C24H22F3N3O4/c1-14(31)6-7-28-8-10-29(11-9-28)22-19(26)12-17-21(20(22)27)30(13-18(23(17)32)24(33)34)16-4-2-15(25)3-5-16/h2-5,12-13H,6-11H2,1H3,(H,33,34). The van der Waals surface area contributed by atoms with Gasteiger partial charge >= 0.3 is 5.97 Å². The zero-order valence-corrected chi connectivity index (χ0v) is 18.4. The maximum absolute atomic E-state index is 15.9. The molecule has 0 atom stereocenters. The van der Waals surface area contributed by atoms with E-state index in [1.807, 2.05) is 4.90 Å². The molecule has 0 amide bonds. The molecule has 1 fully saturated rings. The van der Waals surface area contributed by atoms with Gasteiger partial charge in [0.1, 0.15) is 28.7 Å². The Kier molecular flexibility index (Phi) is 6.43. The molecule has 4 rings (SSSR count). The van der Waals surface area contributed by atoms with Crippen LogP contribution in [0.25, 0.3) is 16.6 Å². The van der Waals surface area contributed by atoms with E-state index in [0.717, 1.165) is 29.0 Å². The lowest BCUT2D eigenvalue weighted by molar-refractivity contribution is -0.117. The molecule has 0 saturated carbocycles. The fourth-order valence-corrected chi connectivity index (χ4v) is 4.16. The topological polar surface area (TPSA) is 82.8 Å². The SMILES string of the molecule is CC(=O)CCN1CCN(c2c(F)cc3c(=O)c(C(=O)O)cn(-c4ccc(F)cc4)c3c2F)CC1. The molecule has 0 bridgehead atoms. The van der Waals surface area contributed by atoms with E-state index in [9.17, 15) is 23.9 Å². The smallest absolute Gasteiger partial charge is 0.341 e. The average Bonchev–Trinajstić information content (AvgIpc) is 2.79. The van der Waals surface area contributed by atoms with Gasteiger partial charge in [0.05, 0.1) is 10.9 Å². The van der Waals surface area contributed by atoms with Crippen LogP contribution in [0.4, 0.5) is 18.9 Å². The maximum atomic E-state index is 15.9. The van der Waals surface area contributed by atoms with Crippen molar-refractivity contribution < 1.29 is 27.9 Å². The van der Waals surface area contributed by atoms with Gasteiger partial charge in [-0.05, 0) is 37.3 Å². The van der Waals surface area contributed by atoms with Gasteiger partial charge in [0.25, 0.3) is 0 Å². The van der Waals surface area contributed by atoms with Crippen LogP contribution >= 0.6 is 0 Å². The molecule has 0 aliphatic carbocycles. The number of carbonyl (C=O) groups excluding carboxylic acids is 1. The van der Waals surface area contributed by atoms with Crippen molar-refractivity contribution in [1.82, 2.24) is 9.47 Å². The number of nitrogens with zero attached hydrogens (tertiary/aromatic N) is 3. The van der Waals surface area contributed by atoms with Crippen LogP contribution in [0.2, 0.25) is 0 Å². The van der Waals surface area contributed by atoms with Crippen molar-refractivity contribution in [3.8, 4) is 5.69 Å². The van der Waals surface area contributed by atoms with Crippen molar-refractivity contribution in [2.24, 2.45) is 0 Å². The van der Waals surface area contributed by atoms with Crippen molar-refractivity contribution in [3.05, 3.63) is 69.8 Å². The molecule has 1 aliphatic rings. The molecule has 2 aromatic carbocycles. The minimum atomic E-state index is -1.55. The number of carboxylic acids is 1. The number of benzene rings is 2. The summed E-state index contributed by atoms with van der Waals surface area (Å²) in [4.78, 5) is 39.1. The van der Waals surface area contributed by atoms with Gasteiger partial charge < -0.3 is 14.6 Å². The number of aromatic carboxylic acids is 1. The normalized spacial score (nSPS) is 14.5. The molecule has 7 nitrogen and oxygen atoms in total. The quantitative estimate of drug-likeness (QED) is 0.592. The zero-order chi connectivity index (χ0) is 24.6. The second kappa shape index (κ2) is 9.30. The van der Waals surface area contributed by atoms with Crippen molar-refractivity contribution in [2.45, 2.75) is 13.3 Å². The number of piperazine rings is 1. The van der Waals surface area contributed by atoms with Gasteiger partial charge in [-0.25, -0.2) is 18.0 Å². The Hall–Kier alpha value is -3.66. The number of hydrogen-bond acceptors (Lipinski definition) is 5. The number of carbonyl (C=O) groups is 2. The molecule has 34 heavy (non-hydrogen) atoms. The summed E-state index contributed by atoms with van der Waals surface area (Å²) in [6.07, 6.45) is 1.36.